The SMILES string of the molecule is COC(=O)[C@@H](c1ccc(Cl)c(Cl)c1)C1CCCCC1. The minimum atomic E-state index is -0.222. The monoisotopic (exact) mass is 300 g/mol. The summed E-state index contributed by atoms with van der Waals surface area (Å²) >= 11 is 12.0. The molecule has 0 N–H and O–H groups in total. The lowest BCUT2D eigenvalue weighted by Gasteiger charge is -2.28. The zero-order valence-corrected chi connectivity index (χ0v) is 12.5. The number of hydrogen-bond acceptors (Lipinski definition) is 2. The summed E-state index contributed by atoms with van der Waals surface area (Å²) in [5, 5.41) is 1.00. The van der Waals surface area contributed by atoms with Gasteiger partial charge in [0.15, 0.2) is 0 Å². The first kappa shape index (κ1) is 14.7. The van der Waals surface area contributed by atoms with Gasteiger partial charge in [-0.15, -0.1) is 0 Å². The standard InChI is InChI=1S/C15H18Cl2O2/c1-19-15(18)14(10-5-3-2-4-6-10)11-7-8-12(16)13(17)9-11/h7-10,14H,2-6H2,1H3/t14-/m1/s1. The summed E-state index contributed by atoms with van der Waals surface area (Å²) in [5.41, 5.74) is 0.910. The van der Waals surface area contributed by atoms with E-state index in [0.29, 0.717) is 16.0 Å². The van der Waals surface area contributed by atoms with Gasteiger partial charge in [0, 0.05) is 0 Å². The van der Waals surface area contributed by atoms with Gasteiger partial charge >= 0.3 is 5.97 Å². The second-order valence-electron chi connectivity index (χ2n) is 5.07. The molecule has 1 saturated carbocycles. The summed E-state index contributed by atoms with van der Waals surface area (Å²) in [6, 6.07) is 5.42. The highest BCUT2D eigenvalue weighted by atomic mass is 35.5. The van der Waals surface area contributed by atoms with Crippen LogP contribution in [-0.2, 0) is 9.53 Å². The summed E-state index contributed by atoms with van der Waals surface area (Å²) in [6.45, 7) is 0. The molecule has 104 valence electrons. The molecule has 1 atom stereocenters. The Bertz CT molecular complexity index is 453. The highest BCUT2D eigenvalue weighted by Gasteiger charge is 2.32. The molecule has 1 aromatic rings. The van der Waals surface area contributed by atoms with E-state index in [1.54, 1.807) is 12.1 Å². The number of hydrogen-bond donors (Lipinski definition) is 0. The third-order valence-corrected chi connectivity index (χ3v) is 4.62. The first-order chi connectivity index (χ1) is 9.13. The lowest BCUT2D eigenvalue weighted by molar-refractivity contribution is -0.144. The summed E-state index contributed by atoms with van der Waals surface area (Å²) in [4.78, 5) is 12.1. The molecule has 1 aromatic carbocycles. The van der Waals surface area contributed by atoms with Crippen LogP contribution >= 0.6 is 23.2 Å². The van der Waals surface area contributed by atoms with Crippen LogP contribution in [0.4, 0.5) is 0 Å². The highest BCUT2D eigenvalue weighted by molar-refractivity contribution is 6.42. The van der Waals surface area contributed by atoms with Gasteiger partial charge in [-0.1, -0.05) is 48.5 Å². The van der Waals surface area contributed by atoms with Crippen LogP contribution in [0.2, 0.25) is 10.0 Å². The van der Waals surface area contributed by atoms with Crippen molar-refractivity contribution in [3.05, 3.63) is 33.8 Å². The number of esters is 1. The van der Waals surface area contributed by atoms with Crippen LogP contribution in [-0.4, -0.2) is 13.1 Å². The number of halogens is 2. The molecule has 0 aromatic heterocycles. The maximum absolute atomic E-state index is 12.1. The van der Waals surface area contributed by atoms with E-state index in [1.165, 1.54) is 26.4 Å². The van der Waals surface area contributed by atoms with Crippen molar-refractivity contribution in [3.8, 4) is 0 Å². The molecule has 0 bridgehead atoms. The van der Waals surface area contributed by atoms with Gasteiger partial charge in [0.1, 0.15) is 0 Å². The van der Waals surface area contributed by atoms with E-state index in [2.05, 4.69) is 0 Å². The average Bonchev–Trinajstić information content (AvgIpc) is 2.44. The van der Waals surface area contributed by atoms with Crippen LogP contribution in [0.5, 0.6) is 0 Å². The molecule has 2 rings (SSSR count). The van der Waals surface area contributed by atoms with Gasteiger partial charge in [0.2, 0.25) is 0 Å². The zero-order valence-electron chi connectivity index (χ0n) is 11.0. The van der Waals surface area contributed by atoms with Gasteiger partial charge in [-0.05, 0) is 36.5 Å². The Balaban J connectivity index is 2.30. The second-order valence-corrected chi connectivity index (χ2v) is 5.89. The fraction of sp³-hybridized carbons (Fsp3) is 0.533. The Hall–Kier alpha value is -0.730. The Kier molecular flexibility index (Phi) is 5.12. The van der Waals surface area contributed by atoms with Gasteiger partial charge in [-0.2, -0.15) is 0 Å². The van der Waals surface area contributed by atoms with Crippen LogP contribution in [0.15, 0.2) is 18.2 Å². The lowest BCUT2D eigenvalue weighted by Crippen LogP contribution is -2.25. The largest absolute Gasteiger partial charge is 0.469 e. The summed E-state index contributed by atoms with van der Waals surface area (Å²) in [7, 11) is 1.44. The number of methoxy groups -OCH3 is 1. The molecule has 4 heteroatoms. The fourth-order valence-electron chi connectivity index (χ4n) is 2.90. The van der Waals surface area contributed by atoms with Crippen LogP contribution in [0.3, 0.4) is 0 Å². The van der Waals surface area contributed by atoms with Gasteiger partial charge in [0.05, 0.1) is 23.1 Å². The molecular weight excluding hydrogens is 283 g/mol. The Morgan fingerprint density at radius 2 is 1.89 bits per heavy atom. The van der Waals surface area contributed by atoms with E-state index in [9.17, 15) is 4.79 Å². The quantitative estimate of drug-likeness (QED) is 0.747. The van der Waals surface area contributed by atoms with Crippen molar-refractivity contribution in [2.75, 3.05) is 7.11 Å². The number of carbonyl (C=O) groups is 1. The summed E-state index contributed by atoms with van der Waals surface area (Å²) < 4.78 is 4.98. The third kappa shape index (κ3) is 3.43. The first-order valence-electron chi connectivity index (χ1n) is 6.66. The maximum atomic E-state index is 12.1. The topological polar surface area (TPSA) is 26.3 Å². The average molecular weight is 301 g/mol. The van der Waals surface area contributed by atoms with Crippen molar-refractivity contribution in [3.63, 3.8) is 0 Å². The molecular formula is C15H18Cl2O2. The van der Waals surface area contributed by atoms with E-state index in [4.69, 9.17) is 27.9 Å². The number of ether oxygens (including phenoxy) is 1. The van der Waals surface area contributed by atoms with Crippen LogP contribution < -0.4 is 0 Å². The summed E-state index contributed by atoms with van der Waals surface area (Å²) in [6.07, 6.45) is 5.75. The lowest BCUT2D eigenvalue weighted by atomic mass is 9.77. The molecule has 0 amide bonds. The number of rotatable bonds is 3. The van der Waals surface area contributed by atoms with E-state index >= 15 is 0 Å². The Morgan fingerprint density at radius 1 is 1.21 bits per heavy atom. The maximum Gasteiger partial charge on any atom is 0.313 e. The molecule has 1 fully saturated rings. The number of carbonyl (C=O) groups excluding carboxylic acids is 1. The van der Waals surface area contributed by atoms with Crippen molar-refractivity contribution in [1.29, 1.82) is 0 Å². The minimum Gasteiger partial charge on any atom is -0.469 e. The molecule has 1 aliphatic carbocycles. The number of benzene rings is 1. The van der Waals surface area contributed by atoms with E-state index in [1.807, 2.05) is 6.07 Å². The smallest absolute Gasteiger partial charge is 0.313 e. The van der Waals surface area contributed by atoms with Crippen molar-refractivity contribution in [1.82, 2.24) is 0 Å². The normalized spacial score (nSPS) is 18.1. The molecule has 0 saturated heterocycles. The molecule has 0 unspecified atom stereocenters. The van der Waals surface area contributed by atoms with E-state index < -0.39 is 0 Å². The Labute approximate surface area is 124 Å². The molecule has 0 heterocycles. The predicted molar refractivity (Wildman–Crippen MR) is 77.8 cm³/mol. The zero-order chi connectivity index (χ0) is 13.8. The predicted octanol–water partition coefficient (Wildman–Crippen LogP) is 4.83. The van der Waals surface area contributed by atoms with Crippen molar-refractivity contribution >= 4 is 29.2 Å². The molecule has 0 spiro atoms. The van der Waals surface area contributed by atoms with Crippen LogP contribution in [0.25, 0.3) is 0 Å². The molecule has 19 heavy (non-hydrogen) atoms. The van der Waals surface area contributed by atoms with Crippen LogP contribution in [0.1, 0.15) is 43.6 Å². The minimum absolute atomic E-state index is 0.176. The van der Waals surface area contributed by atoms with Crippen LogP contribution in [0, 0.1) is 5.92 Å². The van der Waals surface area contributed by atoms with Crippen molar-refractivity contribution in [2.24, 2.45) is 5.92 Å². The highest BCUT2D eigenvalue weighted by Crippen LogP contribution is 2.38. The van der Waals surface area contributed by atoms with Crippen molar-refractivity contribution in [2.45, 2.75) is 38.0 Å². The van der Waals surface area contributed by atoms with Gasteiger partial charge < -0.3 is 4.74 Å². The second kappa shape index (κ2) is 6.62. The van der Waals surface area contributed by atoms with Gasteiger partial charge in [-0.3, -0.25) is 4.79 Å². The molecule has 1 aliphatic rings. The third-order valence-electron chi connectivity index (χ3n) is 3.88. The van der Waals surface area contributed by atoms with Gasteiger partial charge in [-0.25, -0.2) is 0 Å². The molecule has 2 nitrogen and oxygen atoms in total. The van der Waals surface area contributed by atoms with E-state index in [-0.39, 0.29) is 11.9 Å². The molecule has 0 radical (unpaired) electrons. The van der Waals surface area contributed by atoms with Crippen molar-refractivity contribution < 1.29 is 9.53 Å². The Morgan fingerprint density at radius 3 is 2.47 bits per heavy atom. The van der Waals surface area contributed by atoms with Gasteiger partial charge in [0.25, 0.3) is 0 Å². The molecule has 0 aliphatic heterocycles. The fourth-order valence-corrected chi connectivity index (χ4v) is 3.21. The van der Waals surface area contributed by atoms with E-state index in [0.717, 1.165) is 18.4 Å². The summed E-state index contributed by atoms with van der Waals surface area (Å²) in [5.74, 6) is -0.0520. The first-order valence-corrected chi connectivity index (χ1v) is 7.42.